The van der Waals surface area contributed by atoms with Crippen molar-refractivity contribution in [3.63, 3.8) is 0 Å². The number of aromatic nitrogens is 1. The highest BCUT2D eigenvalue weighted by molar-refractivity contribution is 5.67. The monoisotopic (exact) mass is 305 g/mol. The predicted molar refractivity (Wildman–Crippen MR) is 79.3 cm³/mol. The molecule has 1 N–H and O–H groups in total. The standard InChI is InChI=1S/C16H19NO5/c1-10-13(11(2)22-17-10)9-21-14-6-4-12(5-7-16(18)19)8-15(14)20-3/h4,6,8H,5,7,9H2,1-3H3,(H,18,19). The molecule has 0 aliphatic heterocycles. The number of nitrogens with zero attached hydrogens (tertiary/aromatic N) is 1. The van der Waals surface area contributed by atoms with Crippen LogP contribution in [0.1, 0.15) is 29.0 Å². The molecule has 1 heterocycles. The van der Waals surface area contributed by atoms with Crippen molar-refractivity contribution in [1.29, 1.82) is 0 Å². The summed E-state index contributed by atoms with van der Waals surface area (Å²) < 4.78 is 16.2. The average Bonchev–Trinajstić information content (AvgIpc) is 2.82. The number of ether oxygens (including phenoxy) is 2. The number of hydrogen-bond donors (Lipinski definition) is 1. The fourth-order valence-electron chi connectivity index (χ4n) is 2.10. The van der Waals surface area contributed by atoms with Gasteiger partial charge in [0, 0.05) is 6.42 Å². The summed E-state index contributed by atoms with van der Waals surface area (Å²) in [6.07, 6.45) is 0.540. The topological polar surface area (TPSA) is 81.8 Å². The van der Waals surface area contributed by atoms with E-state index in [1.165, 1.54) is 0 Å². The summed E-state index contributed by atoms with van der Waals surface area (Å²) in [5.41, 5.74) is 2.61. The predicted octanol–water partition coefficient (Wildman–Crippen LogP) is 2.90. The summed E-state index contributed by atoms with van der Waals surface area (Å²) in [7, 11) is 1.55. The second-order valence-electron chi connectivity index (χ2n) is 4.97. The number of aryl methyl sites for hydroxylation is 3. The van der Waals surface area contributed by atoms with Gasteiger partial charge in [0.25, 0.3) is 0 Å². The smallest absolute Gasteiger partial charge is 0.303 e. The molecule has 1 aromatic carbocycles. The molecule has 0 unspecified atom stereocenters. The van der Waals surface area contributed by atoms with Gasteiger partial charge in [0.2, 0.25) is 0 Å². The summed E-state index contributed by atoms with van der Waals surface area (Å²) in [6.45, 7) is 4.04. The van der Waals surface area contributed by atoms with Gasteiger partial charge < -0.3 is 19.1 Å². The molecule has 22 heavy (non-hydrogen) atoms. The number of hydrogen-bond acceptors (Lipinski definition) is 5. The van der Waals surface area contributed by atoms with Gasteiger partial charge in [-0.25, -0.2) is 0 Å². The Balaban J connectivity index is 2.09. The van der Waals surface area contributed by atoms with Gasteiger partial charge in [-0.1, -0.05) is 11.2 Å². The van der Waals surface area contributed by atoms with Crippen LogP contribution in [0.2, 0.25) is 0 Å². The minimum absolute atomic E-state index is 0.0858. The van der Waals surface area contributed by atoms with Crippen LogP contribution in [0, 0.1) is 13.8 Å². The Labute approximate surface area is 128 Å². The molecule has 2 rings (SSSR count). The number of carboxylic acid groups (broad SMARTS) is 1. The number of aliphatic carboxylic acids is 1. The Hall–Kier alpha value is -2.50. The fraction of sp³-hybridized carbons (Fsp3) is 0.375. The lowest BCUT2D eigenvalue weighted by atomic mass is 10.1. The van der Waals surface area contributed by atoms with E-state index in [9.17, 15) is 4.79 Å². The van der Waals surface area contributed by atoms with E-state index in [0.29, 0.717) is 24.5 Å². The summed E-state index contributed by atoms with van der Waals surface area (Å²) in [4.78, 5) is 10.6. The maximum absolute atomic E-state index is 10.6. The number of methoxy groups -OCH3 is 1. The van der Waals surface area contributed by atoms with E-state index in [0.717, 1.165) is 22.6 Å². The Kier molecular flexibility index (Phi) is 5.04. The molecule has 118 valence electrons. The zero-order valence-corrected chi connectivity index (χ0v) is 12.9. The average molecular weight is 305 g/mol. The van der Waals surface area contributed by atoms with Crippen LogP contribution >= 0.6 is 0 Å². The highest BCUT2D eigenvalue weighted by Crippen LogP contribution is 2.29. The third-order valence-corrected chi connectivity index (χ3v) is 3.41. The van der Waals surface area contributed by atoms with E-state index in [1.807, 2.05) is 19.9 Å². The number of carbonyl (C=O) groups is 1. The van der Waals surface area contributed by atoms with Crippen LogP contribution in [-0.2, 0) is 17.8 Å². The van der Waals surface area contributed by atoms with Gasteiger partial charge in [-0.3, -0.25) is 4.79 Å². The molecule has 0 amide bonds. The molecule has 0 saturated heterocycles. The minimum atomic E-state index is -0.822. The van der Waals surface area contributed by atoms with Gasteiger partial charge in [-0.05, 0) is 38.0 Å². The van der Waals surface area contributed by atoms with Crippen molar-refractivity contribution in [2.75, 3.05) is 7.11 Å². The Morgan fingerprint density at radius 2 is 2.09 bits per heavy atom. The Bertz CT molecular complexity index is 643. The molecule has 0 aliphatic rings. The van der Waals surface area contributed by atoms with Gasteiger partial charge >= 0.3 is 5.97 Å². The zero-order valence-electron chi connectivity index (χ0n) is 12.9. The van der Waals surface area contributed by atoms with Crippen LogP contribution < -0.4 is 9.47 Å². The third-order valence-electron chi connectivity index (χ3n) is 3.41. The second kappa shape index (κ2) is 6.98. The lowest BCUT2D eigenvalue weighted by molar-refractivity contribution is -0.136. The van der Waals surface area contributed by atoms with Crippen molar-refractivity contribution in [3.8, 4) is 11.5 Å². The highest BCUT2D eigenvalue weighted by atomic mass is 16.5. The Morgan fingerprint density at radius 1 is 1.32 bits per heavy atom. The number of benzene rings is 1. The van der Waals surface area contributed by atoms with E-state index in [1.54, 1.807) is 19.2 Å². The van der Waals surface area contributed by atoms with E-state index in [4.69, 9.17) is 19.1 Å². The van der Waals surface area contributed by atoms with Crippen molar-refractivity contribution in [2.24, 2.45) is 0 Å². The van der Waals surface area contributed by atoms with Crippen LogP contribution in [0.5, 0.6) is 11.5 Å². The molecular formula is C16H19NO5. The van der Waals surface area contributed by atoms with Gasteiger partial charge in [-0.15, -0.1) is 0 Å². The highest BCUT2D eigenvalue weighted by Gasteiger charge is 2.12. The van der Waals surface area contributed by atoms with Gasteiger partial charge in [0.05, 0.1) is 18.4 Å². The first-order valence-corrected chi connectivity index (χ1v) is 6.94. The van der Waals surface area contributed by atoms with Crippen molar-refractivity contribution in [3.05, 3.63) is 40.8 Å². The number of carboxylic acids is 1. The van der Waals surface area contributed by atoms with Crippen LogP contribution in [-0.4, -0.2) is 23.3 Å². The fourth-order valence-corrected chi connectivity index (χ4v) is 2.10. The van der Waals surface area contributed by atoms with Crippen molar-refractivity contribution < 1.29 is 23.9 Å². The SMILES string of the molecule is COc1cc(CCC(=O)O)ccc1OCc1c(C)noc1C. The third kappa shape index (κ3) is 3.78. The van der Waals surface area contributed by atoms with Crippen molar-refractivity contribution >= 4 is 5.97 Å². The first-order chi connectivity index (χ1) is 10.5. The normalized spacial score (nSPS) is 10.5. The maximum Gasteiger partial charge on any atom is 0.303 e. The van der Waals surface area contributed by atoms with E-state index >= 15 is 0 Å². The summed E-state index contributed by atoms with van der Waals surface area (Å²) in [6, 6.07) is 5.42. The largest absolute Gasteiger partial charge is 0.493 e. The van der Waals surface area contributed by atoms with E-state index < -0.39 is 5.97 Å². The summed E-state index contributed by atoms with van der Waals surface area (Å²) in [5.74, 6) is 1.09. The maximum atomic E-state index is 10.6. The van der Waals surface area contributed by atoms with Crippen molar-refractivity contribution in [2.45, 2.75) is 33.3 Å². The first-order valence-electron chi connectivity index (χ1n) is 6.94. The molecule has 6 nitrogen and oxygen atoms in total. The molecular weight excluding hydrogens is 286 g/mol. The molecule has 0 atom stereocenters. The summed E-state index contributed by atoms with van der Waals surface area (Å²) in [5, 5.41) is 12.6. The molecule has 1 aromatic heterocycles. The second-order valence-corrected chi connectivity index (χ2v) is 4.97. The molecule has 0 bridgehead atoms. The molecule has 0 fully saturated rings. The zero-order chi connectivity index (χ0) is 16.1. The number of rotatable bonds is 7. The van der Waals surface area contributed by atoms with E-state index in [-0.39, 0.29) is 6.42 Å². The Morgan fingerprint density at radius 3 is 2.68 bits per heavy atom. The van der Waals surface area contributed by atoms with Gasteiger partial charge in [-0.2, -0.15) is 0 Å². The van der Waals surface area contributed by atoms with Crippen LogP contribution in [0.4, 0.5) is 0 Å². The molecule has 0 radical (unpaired) electrons. The summed E-state index contributed by atoms with van der Waals surface area (Å²) >= 11 is 0. The van der Waals surface area contributed by atoms with Gasteiger partial charge in [0.15, 0.2) is 11.5 Å². The molecule has 0 aliphatic carbocycles. The van der Waals surface area contributed by atoms with Crippen LogP contribution in [0.3, 0.4) is 0 Å². The van der Waals surface area contributed by atoms with Gasteiger partial charge in [0.1, 0.15) is 12.4 Å². The lowest BCUT2D eigenvalue weighted by Gasteiger charge is -2.12. The van der Waals surface area contributed by atoms with Crippen LogP contribution in [0.25, 0.3) is 0 Å². The molecule has 6 heteroatoms. The quantitative estimate of drug-likeness (QED) is 0.847. The van der Waals surface area contributed by atoms with Crippen LogP contribution in [0.15, 0.2) is 22.7 Å². The molecule has 0 saturated carbocycles. The van der Waals surface area contributed by atoms with Crippen molar-refractivity contribution in [1.82, 2.24) is 5.16 Å². The first kappa shape index (κ1) is 15.9. The van der Waals surface area contributed by atoms with E-state index in [2.05, 4.69) is 5.16 Å². The molecule has 2 aromatic rings. The minimum Gasteiger partial charge on any atom is -0.493 e. The lowest BCUT2D eigenvalue weighted by Crippen LogP contribution is -2.01. The molecule has 0 spiro atoms.